The Balaban J connectivity index is 0.00000576. The zero-order chi connectivity index (χ0) is 17.9. The minimum absolute atomic E-state index is 0. The minimum Gasteiger partial charge on any atom is -0.497 e. The molecule has 2 N–H and O–H groups in total. The van der Waals surface area contributed by atoms with Gasteiger partial charge in [0, 0.05) is 31.3 Å². The molecule has 0 bridgehead atoms. The van der Waals surface area contributed by atoms with Crippen LogP contribution >= 0.6 is 24.0 Å². The number of nitrogens with zero attached hydrogens (tertiary/aromatic N) is 1. The second kappa shape index (κ2) is 12.9. The van der Waals surface area contributed by atoms with E-state index in [9.17, 15) is 8.78 Å². The predicted octanol–water partition coefficient (Wildman–Crippen LogP) is 3.00. The van der Waals surface area contributed by atoms with Crippen molar-refractivity contribution in [2.45, 2.75) is 33.0 Å². The summed E-state index contributed by atoms with van der Waals surface area (Å²) >= 11 is 0. The molecule has 0 radical (unpaired) electrons. The van der Waals surface area contributed by atoms with Crippen molar-refractivity contribution >= 4 is 29.9 Å². The second-order valence-electron chi connectivity index (χ2n) is 5.05. The molecule has 0 fully saturated rings. The average Bonchev–Trinajstić information content (AvgIpc) is 2.53. The van der Waals surface area contributed by atoms with Crippen LogP contribution < -0.4 is 20.1 Å². The Morgan fingerprint density at radius 3 is 2.56 bits per heavy atom. The van der Waals surface area contributed by atoms with Crippen LogP contribution in [0.15, 0.2) is 23.2 Å². The summed E-state index contributed by atoms with van der Waals surface area (Å²) < 4.78 is 39.8. The van der Waals surface area contributed by atoms with Gasteiger partial charge in [-0.15, -0.1) is 24.0 Å². The molecule has 1 atom stereocenters. The quantitative estimate of drug-likeness (QED) is 0.328. The molecule has 1 unspecified atom stereocenters. The molecule has 1 aromatic rings. The molecule has 0 aliphatic carbocycles. The van der Waals surface area contributed by atoms with Gasteiger partial charge in [-0.25, -0.2) is 4.99 Å². The second-order valence-corrected chi connectivity index (χ2v) is 5.05. The van der Waals surface area contributed by atoms with E-state index in [0.717, 1.165) is 0 Å². The number of halogens is 3. The SMILES string of the molecule is CCNC(=NCc1ccc(OC)cc1OC(F)F)NC(C)COC.I. The first-order valence-corrected chi connectivity index (χ1v) is 7.65. The zero-order valence-corrected chi connectivity index (χ0v) is 17.2. The van der Waals surface area contributed by atoms with Crippen LogP contribution in [0.5, 0.6) is 11.5 Å². The van der Waals surface area contributed by atoms with Crippen LogP contribution in [-0.2, 0) is 11.3 Å². The summed E-state index contributed by atoms with van der Waals surface area (Å²) in [6, 6.07) is 4.81. The molecule has 0 amide bonds. The van der Waals surface area contributed by atoms with E-state index >= 15 is 0 Å². The van der Waals surface area contributed by atoms with Gasteiger partial charge in [0.1, 0.15) is 11.5 Å². The van der Waals surface area contributed by atoms with Gasteiger partial charge in [-0.2, -0.15) is 8.78 Å². The fraction of sp³-hybridized carbons (Fsp3) is 0.562. The van der Waals surface area contributed by atoms with E-state index in [1.54, 1.807) is 19.2 Å². The molecule has 25 heavy (non-hydrogen) atoms. The summed E-state index contributed by atoms with van der Waals surface area (Å²) in [7, 11) is 3.08. The summed E-state index contributed by atoms with van der Waals surface area (Å²) in [6.45, 7) is 2.36. The summed E-state index contributed by atoms with van der Waals surface area (Å²) in [5, 5.41) is 6.27. The third-order valence-corrected chi connectivity index (χ3v) is 3.04. The number of guanidine groups is 1. The summed E-state index contributed by atoms with van der Waals surface area (Å²) in [5.74, 6) is 1.06. The summed E-state index contributed by atoms with van der Waals surface area (Å²) in [6.07, 6.45) is 0. The molecule has 1 rings (SSSR count). The number of aliphatic imine (C=N–C) groups is 1. The fourth-order valence-electron chi connectivity index (χ4n) is 2.01. The molecule has 0 aliphatic rings. The van der Waals surface area contributed by atoms with Crippen LogP contribution in [-0.4, -0.2) is 46.0 Å². The number of hydrogen-bond donors (Lipinski definition) is 2. The maximum absolute atomic E-state index is 12.6. The molecular formula is C16H26F2IN3O3. The number of methoxy groups -OCH3 is 2. The first kappa shape index (κ1) is 23.6. The Bertz CT molecular complexity index is 533. The number of ether oxygens (including phenoxy) is 3. The number of alkyl halides is 2. The van der Waals surface area contributed by atoms with Gasteiger partial charge in [-0.05, 0) is 26.0 Å². The lowest BCUT2D eigenvalue weighted by atomic mass is 10.2. The van der Waals surface area contributed by atoms with Crippen molar-refractivity contribution in [1.82, 2.24) is 10.6 Å². The van der Waals surface area contributed by atoms with Crippen LogP contribution in [0.4, 0.5) is 8.78 Å². The molecule has 0 aromatic heterocycles. The highest BCUT2D eigenvalue weighted by molar-refractivity contribution is 14.0. The van der Waals surface area contributed by atoms with Crippen molar-refractivity contribution in [1.29, 1.82) is 0 Å². The number of hydrogen-bond acceptors (Lipinski definition) is 4. The number of rotatable bonds is 9. The largest absolute Gasteiger partial charge is 0.497 e. The molecule has 0 saturated carbocycles. The molecule has 0 saturated heterocycles. The topological polar surface area (TPSA) is 64.1 Å². The van der Waals surface area contributed by atoms with Crippen LogP contribution in [0.1, 0.15) is 19.4 Å². The Morgan fingerprint density at radius 1 is 1.28 bits per heavy atom. The fourth-order valence-corrected chi connectivity index (χ4v) is 2.01. The highest BCUT2D eigenvalue weighted by Gasteiger charge is 2.12. The highest BCUT2D eigenvalue weighted by atomic mass is 127. The monoisotopic (exact) mass is 473 g/mol. The highest BCUT2D eigenvalue weighted by Crippen LogP contribution is 2.27. The van der Waals surface area contributed by atoms with E-state index in [1.807, 2.05) is 13.8 Å². The lowest BCUT2D eigenvalue weighted by Gasteiger charge is -2.17. The van der Waals surface area contributed by atoms with Gasteiger partial charge in [0.05, 0.1) is 20.3 Å². The Hall–Kier alpha value is -1.36. The van der Waals surface area contributed by atoms with E-state index in [-0.39, 0.29) is 42.3 Å². The Labute approximate surface area is 164 Å². The molecule has 0 spiro atoms. The predicted molar refractivity (Wildman–Crippen MR) is 104 cm³/mol. The first-order chi connectivity index (χ1) is 11.5. The van der Waals surface area contributed by atoms with Gasteiger partial charge >= 0.3 is 6.61 Å². The lowest BCUT2D eigenvalue weighted by Crippen LogP contribution is -2.43. The minimum atomic E-state index is -2.91. The van der Waals surface area contributed by atoms with Crippen LogP contribution in [0.3, 0.4) is 0 Å². The van der Waals surface area contributed by atoms with Gasteiger partial charge < -0.3 is 24.8 Å². The molecule has 6 nitrogen and oxygen atoms in total. The normalized spacial score (nSPS) is 12.4. The van der Waals surface area contributed by atoms with E-state index in [4.69, 9.17) is 9.47 Å². The Morgan fingerprint density at radius 2 is 2.00 bits per heavy atom. The molecule has 144 valence electrons. The number of nitrogens with one attached hydrogen (secondary N) is 2. The van der Waals surface area contributed by atoms with Gasteiger partial charge in [0.2, 0.25) is 0 Å². The standard InChI is InChI=1S/C16H25F2N3O3.HI/c1-5-19-16(21-11(2)10-22-3)20-9-12-6-7-13(23-4)8-14(12)24-15(17)18;/h6-8,11,15H,5,9-10H2,1-4H3,(H2,19,20,21);1H. The molecule has 0 aliphatic heterocycles. The maximum atomic E-state index is 12.6. The smallest absolute Gasteiger partial charge is 0.387 e. The van der Waals surface area contributed by atoms with Crippen LogP contribution in [0, 0.1) is 0 Å². The maximum Gasteiger partial charge on any atom is 0.387 e. The molecular weight excluding hydrogens is 447 g/mol. The molecule has 0 heterocycles. The summed E-state index contributed by atoms with van der Waals surface area (Å²) in [5.41, 5.74) is 0.535. The van der Waals surface area contributed by atoms with Crippen LogP contribution in [0.2, 0.25) is 0 Å². The van der Waals surface area contributed by atoms with E-state index < -0.39 is 6.61 Å². The molecule has 9 heteroatoms. The van der Waals surface area contributed by atoms with Crippen LogP contribution in [0.25, 0.3) is 0 Å². The van der Waals surface area contributed by atoms with Crippen molar-refractivity contribution in [3.63, 3.8) is 0 Å². The third kappa shape index (κ3) is 9.05. The third-order valence-electron chi connectivity index (χ3n) is 3.04. The zero-order valence-electron chi connectivity index (χ0n) is 14.8. The first-order valence-electron chi connectivity index (χ1n) is 7.65. The lowest BCUT2D eigenvalue weighted by molar-refractivity contribution is -0.0505. The molecule has 1 aromatic carbocycles. The van der Waals surface area contributed by atoms with Crippen molar-refractivity contribution in [2.75, 3.05) is 27.4 Å². The number of benzene rings is 1. The van der Waals surface area contributed by atoms with Crippen molar-refractivity contribution in [3.05, 3.63) is 23.8 Å². The average molecular weight is 473 g/mol. The van der Waals surface area contributed by atoms with Crippen molar-refractivity contribution in [2.24, 2.45) is 4.99 Å². The van der Waals surface area contributed by atoms with Gasteiger partial charge in [0.25, 0.3) is 0 Å². The van der Waals surface area contributed by atoms with Crippen molar-refractivity contribution in [3.8, 4) is 11.5 Å². The van der Waals surface area contributed by atoms with E-state index in [0.29, 0.717) is 30.4 Å². The van der Waals surface area contributed by atoms with Gasteiger partial charge in [0.15, 0.2) is 5.96 Å². The van der Waals surface area contributed by atoms with Crippen molar-refractivity contribution < 1.29 is 23.0 Å². The summed E-state index contributed by atoms with van der Waals surface area (Å²) in [4.78, 5) is 4.40. The van der Waals surface area contributed by atoms with Gasteiger partial charge in [-0.1, -0.05) is 0 Å². The van der Waals surface area contributed by atoms with Gasteiger partial charge in [-0.3, -0.25) is 0 Å². The van der Waals surface area contributed by atoms with E-state index in [2.05, 4.69) is 20.4 Å². The van der Waals surface area contributed by atoms with E-state index in [1.165, 1.54) is 13.2 Å². The Kier molecular flexibility index (Phi) is 12.2.